The minimum atomic E-state index is -0.110. The fraction of sp³-hybridized carbons (Fsp3) is 0.474. The zero-order valence-corrected chi connectivity index (χ0v) is 18.0. The maximum absolute atomic E-state index is 9.89. The Bertz CT molecular complexity index is 782. The summed E-state index contributed by atoms with van der Waals surface area (Å²) in [5.41, 5.74) is 3.67. The molecule has 4 nitrogen and oxygen atoms in total. The Morgan fingerprint density at radius 1 is 1.16 bits per heavy atom. The van der Waals surface area contributed by atoms with Gasteiger partial charge in [0.05, 0.1) is 18.0 Å². The number of aliphatic hydroxyl groups excluding tert-OH is 1. The second kappa shape index (κ2) is 7.33. The maximum atomic E-state index is 9.89. The molecule has 25 heavy (non-hydrogen) atoms. The SMILES string of the molecule is Cc1nc(N2CCC(C)(C)CC2)c(CO)nc1-c1cccc(Br)c1Br. The van der Waals surface area contributed by atoms with E-state index in [9.17, 15) is 5.11 Å². The van der Waals surface area contributed by atoms with Gasteiger partial charge in [0.15, 0.2) is 5.82 Å². The van der Waals surface area contributed by atoms with E-state index in [1.165, 1.54) is 0 Å². The first kappa shape index (κ1) is 18.8. The van der Waals surface area contributed by atoms with Crippen LogP contribution in [0.4, 0.5) is 5.82 Å². The molecule has 1 saturated heterocycles. The molecule has 6 heteroatoms. The van der Waals surface area contributed by atoms with Crippen LogP contribution in [0, 0.1) is 12.3 Å². The van der Waals surface area contributed by atoms with Crippen LogP contribution in [-0.4, -0.2) is 28.2 Å². The van der Waals surface area contributed by atoms with Crippen LogP contribution >= 0.6 is 31.9 Å². The molecular weight excluding hydrogens is 446 g/mol. The molecule has 1 aliphatic heterocycles. The quantitative estimate of drug-likeness (QED) is 0.680. The molecule has 1 fully saturated rings. The van der Waals surface area contributed by atoms with Crippen molar-refractivity contribution in [1.29, 1.82) is 0 Å². The average Bonchev–Trinajstić information content (AvgIpc) is 2.57. The predicted octanol–water partition coefficient (Wildman–Crippen LogP) is 5.10. The molecule has 1 aromatic carbocycles. The van der Waals surface area contributed by atoms with E-state index in [0.717, 1.165) is 57.6 Å². The normalized spacial score (nSPS) is 17.0. The molecule has 134 valence electrons. The number of hydrogen-bond donors (Lipinski definition) is 1. The third-order valence-electron chi connectivity index (χ3n) is 4.89. The molecule has 0 spiro atoms. The van der Waals surface area contributed by atoms with Crippen molar-refractivity contribution in [3.05, 3.63) is 38.5 Å². The summed E-state index contributed by atoms with van der Waals surface area (Å²) in [6.07, 6.45) is 2.25. The smallest absolute Gasteiger partial charge is 0.153 e. The van der Waals surface area contributed by atoms with Crippen molar-refractivity contribution < 1.29 is 5.11 Å². The largest absolute Gasteiger partial charge is 0.390 e. The Kier molecular flexibility index (Phi) is 5.51. The summed E-state index contributed by atoms with van der Waals surface area (Å²) in [5.74, 6) is 0.824. The van der Waals surface area contributed by atoms with Gasteiger partial charge in [0.25, 0.3) is 0 Å². The second-order valence-electron chi connectivity index (χ2n) is 7.34. The first-order valence-electron chi connectivity index (χ1n) is 8.50. The minimum Gasteiger partial charge on any atom is -0.390 e. The Morgan fingerprint density at radius 3 is 2.48 bits per heavy atom. The first-order chi connectivity index (χ1) is 11.8. The molecular formula is C19H23Br2N3O. The molecule has 0 atom stereocenters. The molecule has 3 rings (SSSR count). The van der Waals surface area contributed by atoms with Crippen LogP contribution in [0.25, 0.3) is 11.3 Å². The molecule has 0 amide bonds. The summed E-state index contributed by atoms with van der Waals surface area (Å²) < 4.78 is 1.92. The van der Waals surface area contributed by atoms with E-state index in [-0.39, 0.29) is 6.61 Å². The van der Waals surface area contributed by atoms with Gasteiger partial charge in [-0.3, -0.25) is 0 Å². The van der Waals surface area contributed by atoms with Crippen LogP contribution in [0.2, 0.25) is 0 Å². The highest BCUT2D eigenvalue weighted by Gasteiger charge is 2.28. The van der Waals surface area contributed by atoms with Gasteiger partial charge in [-0.15, -0.1) is 0 Å². The molecule has 1 N–H and O–H groups in total. The zero-order chi connectivity index (χ0) is 18.2. The van der Waals surface area contributed by atoms with Gasteiger partial charge in [0.2, 0.25) is 0 Å². The molecule has 1 aromatic heterocycles. The van der Waals surface area contributed by atoms with Gasteiger partial charge in [-0.05, 0) is 63.1 Å². The van der Waals surface area contributed by atoms with E-state index in [0.29, 0.717) is 11.1 Å². The number of piperidine rings is 1. The number of aromatic nitrogens is 2. The third kappa shape index (κ3) is 3.91. The Labute approximate surface area is 165 Å². The van der Waals surface area contributed by atoms with Crippen molar-refractivity contribution in [2.24, 2.45) is 5.41 Å². The van der Waals surface area contributed by atoms with Crippen molar-refractivity contribution in [2.45, 2.75) is 40.2 Å². The van der Waals surface area contributed by atoms with Crippen LogP contribution in [0.15, 0.2) is 27.1 Å². The van der Waals surface area contributed by atoms with Gasteiger partial charge in [-0.1, -0.05) is 26.0 Å². The van der Waals surface area contributed by atoms with Gasteiger partial charge >= 0.3 is 0 Å². The molecule has 0 bridgehead atoms. The summed E-state index contributed by atoms with van der Waals surface area (Å²) in [5, 5.41) is 9.89. The summed E-state index contributed by atoms with van der Waals surface area (Å²) >= 11 is 7.16. The Hall–Kier alpha value is -0.980. The standard InChI is InChI=1S/C19H23Br2N3O/c1-12-17(13-5-4-6-14(20)16(13)21)23-15(11-25)18(22-12)24-9-7-19(2,3)8-10-24/h4-6,25H,7-11H2,1-3H3. The van der Waals surface area contributed by atoms with Gasteiger partial charge in [-0.25, -0.2) is 9.97 Å². The topological polar surface area (TPSA) is 49.2 Å². The fourth-order valence-corrected chi connectivity index (χ4v) is 3.99. The number of rotatable bonds is 3. The predicted molar refractivity (Wildman–Crippen MR) is 109 cm³/mol. The van der Waals surface area contributed by atoms with E-state index in [1.807, 2.05) is 25.1 Å². The highest BCUT2D eigenvalue weighted by molar-refractivity contribution is 9.13. The number of nitrogens with zero attached hydrogens (tertiary/aromatic N) is 3. The lowest BCUT2D eigenvalue weighted by Crippen LogP contribution is -2.38. The molecule has 0 aliphatic carbocycles. The number of anilines is 1. The zero-order valence-electron chi connectivity index (χ0n) is 14.8. The van der Waals surface area contributed by atoms with Gasteiger partial charge in [0, 0.05) is 27.6 Å². The van der Waals surface area contributed by atoms with E-state index >= 15 is 0 Å². The van der Waals surface area contributed by atoms with Gasteiger partial charge in [0.1, 0.15) is 5.69 Å². The molecule has 0 saturated carbocycles. The fourth-order valence-electron chi connectivity index (χ4n) is 3.17. The molecule has 0 unspecified atom stereocenters. The Morgan fingerprint density at radius 2 is 1.84 bits per heavy atom. The van der Waals surface area contributed by atoms with Crippen LogP contribution in [-0.2, 0) is 6.61 Å². The van der Waals surface area contributed by atoms with Crippen LogP contribution in [0.1, 0.15) is 38.1 Å². The van der Waals surface area contributed by atoms with Crippen LogP contribution < -0.4 is 4.90 Å². The molecule has 2 aromatic rings. The van der Waals surface area contributed by atoms with Gasteiger partial charge in [-0.2, -0.15) is 0 Å². The summed E-state index contributed by atoms with van der Waals surface area (Å²) in [4.78, 5) is 11.9. The molecule has 2 heterocycles. The number of benzene rings is 1. The number of halogens is 2. The van der Waals surface area contributed by atoms with E-state index in [4.69, 9.17) is 9.97 Å². The number of aliphatic hydroxyl groups is 1. The first-order valence-corrected chi connectivity index (χ1v) is 10.1. The molecule has 1 aliphatic rings. The van der Waals surface area contributed by atoms with Crippen LogP contribution in [0.3, 0.4) is 0 Å². The number of aryl methyl sites for hydroxylation is 1. The lowest BCUT2D eigenvalue weighted by Gasteiger charge is -2.38. The summed E-state index contributed by atoms with van der Waals surface area (Å²) in [6, 6.07) is 5.97. The van der Waals surface area contributed by atoms with Crippen molar-refractivity contribution in [3.63, 3.8) is 0 Å². The lowest BCUT2D eigenvalue weighted by molar-refractivity contribution is 0.268. The highest BCUT2D eigenvalue weighted by atomic mass is 79.9. The minimum absolute atomic E-state index is 0.110. The monoisotopic (exact) mass is 467 g/mol. The van der Waals surface area contributed by atoms with E-state index in [1.54, 1.807) is 0 Å². The highest BCUT2D eigenvalue weighted by Crippen LogP contribution is 2.37. The maximum Gasteiger partial charge on any atom is 0.153 e. The lowest BCUT2D eigenvalue weighted by atomic mass is 9.82. The van der Waals surface area contributed by atoms with E-state index < -0.39 is 0 Å². The average molecular weight is 469 g/mol. The van der Waals surface area contributed by atoms with E-state index in [2.05, 4.69) is 50.6 Å². The van der Waals surface area contributed by atoms with Crippen molar-refractivity contribution in [1.82, 2.24) is 9.97 Å². The van der Waals surface area contributed by atoms with Crippen molar-refractivity contribution in [3.8, 4) is 11.3 Å². The van der Waals surface area contributed by atoms with Gasteiger partial charge < -0.3 is 10.0 Å². The molecule has 0 radical (unpaired) electrons. The Balaban J connectivity index is 2.01. The summed E-state index contributed by atoms with van der Waals surface area (Å²) in [6.45, 7) is 8.39. The number of hydrogen-bond acceptors (Lipinski definition) is 4. The summed E-state index contributed by atoms with van der Waals surface area (Å²) in [7, 11) is 0. The van der Waals surface area contributed by atoms with Crippen LogP contribution in [0.5, 0.6) is 0 Å². The van der Waals surface area contributed by atoms with Crippen molar-refractivity contribution in [2.75, 3.05) is 18.0 Å². The second-order valence-corrected chi connectivity index (χ2v) is 8.99. The van der Waals surface area contributed by atoms with Crippen molar-refractivity contribution >= 4 is 37.7 Å². The third-order valence-corrected chi connectivity index (χ3v) is 6.94.